The Morgan fingerprint density at radius 2 is 2.00 bits per heavy atom. The third-order valence-electron chi connectivity index (χ3n) is 5.86. The Kier molecular flexibility index (Phi) is 6.67. The summed E-state index contributed by atoms with van der Waals surface area (Å²) in [5, 5.41) is 0. The quantitative estimate of drug-likeness (QED) is 0.702. The summed E-state index contributed by atoms with van der Waals surface area (Å²) in [6, 6.07) is 9.21. The van der Waals surface area contributed by atoms with Crippen LogP contribution in [0.4, 0.5) is 5.95 Å². The zero-order chi connectivity index (χ0) is 21.7. The molecule has 8 nitrogen and oxygen atoms in total. The van der Waals surface area contributed by atoms with Gasteiger partial charge in [-0.05, 0) is 44.0 Å². The minimum Gasteiger partial charge on any atom is -0.494 e. The molecule has 2 aromatic rings. The summed E-state index contributed by atoms with van der Waals surface area (Å²) in [6.07, 6.45) is 4.97. The first kappa shape index (κ1) is 21.5. The number of hydrogen-bond acceptors (Lipinski definition) is 7. The van der Waals surface area contributed by atoms with Gasteiger partial charge < -0.3 is 24.0 Å². The molecule has 166 valence electrons. The lowest BCUT2D eigenvalue weighted by molar-refractivity contribution is -0.145. The lowest BCUT2D eigenvalue weighted by Gasteiger charge is -2.49. The van der Waals surface area contributed by atoms with Crippen molar-refractivity contribution >= 4 is 11.9 Å². The summed E-state index contributed by atoms with van der Waals surface area (Å²) in [5.41, 5.74) is 0.313. The second-order valence-corrected chi connectivity index (χ2v) is 8.06. The van der Waals surface area contributed by atoms with Crippen LogP contribution in [0.1, 0.15) is 30.1 Å². The molecule has 0 saturated carbocycles. The van der Waals surface area contributed by atoms with Gasteiger partial charge in [-0.1, -0.05) is 6.07 Å². The molecule has 1 aromatic carbocycles. The summed E-state index contributed by atoms with van der Waals surface area (Å²) < 4.78 is 17.4. The van der Waals surface area contributed by atoms with E-state index in [1.54, 1.807) is 19.5 Å². The van der Waals surface area contributed by atoms with Gasteiger partial charge in [-0.15, -0.1) is 0 Å². The van der Waals surface area contributed by atoms with Crippen molar-refractivity contribution in [2.24, 2.45) is 0 Å². The van der Waals surface area contributed by atoms with Crippen LogP contribution in [0.15, 0.2) is 42.7 Å². The predicted octanol–water partition coefficient (Wildman–Crippen LogP) is 2.40. The van der Waals surface area contributed by atoms with Gasteiger partial charge in [-0.3, -0.25) is 4.79 Å². The fourth-order valence-corrected chi connectivity index (χ4v) is 4.43. The van der Waals surface area contributed by atoms with Gasteiger partial charge in [0.05, 0.1) is 31.5 Å². The Balaban J connectivity index is 1.45. The molecular formula is C23H30N4O4. The standard InChI is InChI=1S/C23H30N4O4/c1-3-30-19-7-4-6-18(14-19)21(28)26-12-8-23(9-13-26)17-27(15-20(31-23)16-29-2)22-24-10-5-11-25-22/h4-7,10-11,14,20H,3,8-9,12-13,15-17H2,1-2H3. The largest absolute Gasteiger partial charge is 0.494 e. The van der Waals surface area contributed by atoms with Crippen LogP contribution in [0.5, 0.6) is 5.75 Å². The van der Waals surface area contributed by atoms with Crippen LogP contribution in [0.2, 0.25) is 0 Å². The number of nitrogens with zero attached hydrogens (tertiary/aromatic N) is 4. The van der Waals surface area contributed by atoms with Gasteiger partial charge in [-0.2, -0.15) is 0 Å². The van der Waals surface area contributed by atoms with Crippen molar-refractivity contribution < 1.29 is 19.0 Å². The molecule has 1 amide bonds. The van der Waals surface area contributed by atoms with Gasteiger partial charge in [0, 0.05) is 44.7 Å². The molecule has 0 radical (unpaired) electrons. The Bertz CT molecular complexity index is 871. The maximum atomic E-state index is 13.1. The first-order valence-electron chi connectivity index (χ1n) is 10.8. The Morgan fingerprint density at radius 3 is 2.71 bits per heavy atom. The summed E-state index contributed by atoms with van der Waals surface area (Å²) in [4.78, 5) is 26.0. The molecule has 0 aliphatic carbocycles. The van der Waals surface area contributed by atoms with E-state index in [1.807, 2.05) is 42.2 Å². The average Bonchev–Trinajstić information content (AvgIpc) is 2.80. The summed E-state index contributed by atoms with van der Waals surface area (Å²) in [6.45, 7) is 5.69. The number of methoxy groups -OCH3 is 1. The van der Waals surface area contributed by atoms with E-state index in [1.165, 1.54) is 0 Å². The second-order valence-electron chi connectivity index (χ2n) is 8.06. The molecular weight excluding hydrogens is 396 g/mol. The number of piperidine rings is 1. The fourth-order valence-electron chi connectivity index (χ4n) is 4.43. The molecule has 31 heavy (non-hydrogen) atoms. The molecule has 1 unspecified atom stereocenters. The van der Waals surface area contributed by atoms with Crippen LogP contribution in [0.3, 0.4) is 0 Å². The van der Waals surface area contributed by atoms with Gasteiger partial charge in [-0.25, -0.2) is 9.97 Å². The molecule has 4 rings (SSSR count). The van der Waals surface area contributed by atoms with Crippen molar-refractivity contribution in [1.82, 2.24) is 14.9 Å². The Labute approximate surface area is 183 Å². The number of carbonyl (C=O) groups excluding carboxylic acids is 1. The fraction of sp³-hybridized carbons (Fsp3) is 0.522. The van der Waals surface area contributed by atoms with E-state index >= 15 is 0 Å². The molecule has 2 aliphatic rings. The highest BCUT2D eigenvalue weighted by atomic mass is 16.5. The highest BCUT2D eigenvalue weighted by Gasteiger charge is 2.44. The van der Waals surface area contributed by atoms with Gasteiger partial charge in [0.2, 0.25) is 5.95 Å². The van der Waals surface area contributed by atoms with E-state index in [0.29, 0.717) is 50.9 Å². The maximum absolute atomic E-state index is 13.1. The van der Waals surface area contributed by atoms with Crippen LogP contribution < -0.4 is 9.64 Å². The molecule has 0 N–H and O–H groups in total. The zero-order valence-corrected chi connectivity index (χ0v) is 18.2. The molecule has 3 heterocycles. The smallest absolute Gasteiger partial charge is 0.253 e. The second kappa shape index (κ2) is 9.62. The summed E-state index contributed by atoms with van der Waals surface area (Å²) >= 11 is 0. The van der Waals surface area contributed by atoms with Crippen molar-refractivity contribution in [3.05, 3.63) is 48.3 Å². The molecule has 2 fully saturated rings. The number of amides is 1. The van der Waals surface area contributed by atoms with Gasteiger partial charge in [0.25, 0.3) is 5.91 Å². The third-order valence-corrected chi connectivity index (χ3v) is 5.86. The van der Waals surface area contributed by atoms with E-state index < -0.39 is 0 Å². The number of ether oxygens (including phenoxy) is 3. The van der Waals surface area contributed by atoms with E-state index in [2.05, 4.69) is 14.9 Å². The summed E-state index contributed by atoms with van der Waals surface area (Å²) in [5.74, 6) is 1.46. The van der Waals surface area contributed by atoms with Gasteiger partial charge in [0.1, 0.15) is 5.75 Å². The number of anilines is 1. The molecule has 8 heteroatoms. The van der Waals surface area contributed by atoms with Crippen LogP contribution >= 0.6 is 0 Å². The van der Waals surface area contributed by atoms with Crippen LogP contribution in [-0.2, 0) is 9.47 Å². The molecule has 1 aromatic heterocycles. The number of hydrogen-bond donors (Lipinski definition) is 0. The molecule has 2 saturated heterocycles. The topological polar surface area (TPSA) is 77.0 Å². The van der Waals surface area contributed by atoms with Gasteiger partial charge in [0.15, 0.2) is 0 Å². The highest BCUT2D eigenvalue weighted by Crippen LogP contribution is 2.34. The van der Waals surface area contributed by atoms with Crippen molar-refractivity contribution in [2.45, 2.75) is 31.5 Å². The van der Waals surface area contributed by atoms with E-state index in [-0.39, 0.29) is 17.6 Å². The highest BCUT2D eigenvalue weighted by molar-refractivity contribution is 5.94. The molecule has 1 spiro atoms. The monoisotopic (exact) mass is 426 g/mol. The average molecular weight is 427 g/mol. The first-order valence-corrected chi connectivity index (χ1v) is 10.8. The number of likely N-dealkylation sites (tertiary alicyclic amines) is 1. The Hall–Kier alpha value is -2.71. The zero-order valence-electron chi connectivity index (χ0n) is 18.2. The van der Waals surface area contributed by atoms with Crippen LogP contribution in [-0.4, -0.2) is 79.0 Å². The number of benzene rings is 1. The molecule has 0 bridgehead atoms. The predicted molar refractivity (Wildman–Crippen MR) is 116 cm³/mol. The molecule has 1 atom stereocenters. The van der Waals surface area contributed by atoms with E-state index in [0.717, 1.165) is 18.6 Å². The van der Waals surface area contributed by atoms with Crippen molar-refractivity contribution in [1.29, 1.82) is 0 Å². The molecule has 2 aliphatic heterocycles. The minimum absolute atomic E-state index is 0.0314. The lowest BCUT2D eigenvalue weighted by Crippen LogP contribution is -2.61. The van der Waals surface area contributed by atoms with Crippen LogP contribution in [0.25, 0.3) is 0 Å². The number of morpholine rings is 1. The van der Waals surface area contributed by atoms with Gasteiger partial charge >= 0.3 is 0 Å². The normalized spacial score (nSPS) is 20.6. The number of aromatic nitrogens is 2. The number of rotatable bonds is 6. The SMILES string of the molecule is CCOc1cccc(C(=O)N2CCC3(CC2)CN(c2ncccn2)CC(COC)O3)c1. The van der Waals surface area contributed by atoms with E-state index in [9.17, 15) is 4.79 Å². The van der Waals surface area contributed by atoms with Crippen molar-refractivity contribution in [2.75, 3.05) is 51.4 Å². The van der Waals surface area contributed by atoms with E-state index in [4.69, 9.17) is 14.2 Å². The number of carbonyl (C=O) groups is 1. The lowest BCUT2D eigenvalue weighted by atomic mass is 9.88. The third kappa shape index (κ3) is 4.97. The minimum atomic E-state index is -0.343. The Morgan fingerprint density at radius 1 is 1.23 bits per heavy atom. The van der Waals surface area contributed by atoms with Crippen LogP contribution in [0, 0.1) is 0 Å². The van der Waals surface area contributed by atoms with Crippen molar-refractivity contribution in [3.63, 3.8) is 0 Å². The maximum Gasteiger partial charge on any atom is 0.253 e. The van der Waals surface area contributed by atoms with Crippen molar-refractivity contribution in [3.8, 4) is 5.75 Å². The summed E-state index contributed by atoms with van der Waals surface area (Å²) in [7, 11) is 1.69. The first-order chi connectivity index (χ1) is 15.1.